The third kappa shape index (κ3) is 5.41. The summed E-state index contributed by atoms with van der Waals surface area (Å²) in [6, 6.07) is 12.1. The Morgan fingerprint density at radius 3 is 2.45 bits per heavy atom. The van der Waals surface area contributed by atoms with Gasteiger partial charge in [0.05, 0.1) is 11.4 Å². The van der Waals surface area contributed by atoms with Crippen molar-refractivity contribution in [2.75, 3.05) is 13.2 Å². The van der Waals surface area contributed by atoms with Gasteiger partial charge in [-0.15, -0.1) is 0 Å². The van der Waals surface area contributed by atoms with E-state index < -0.39 is 22.0 Å². The highest BCUT2D eigenvalue weighted by molar-refractivity contribution is 7.89. The minimum Gasteiger partial charge on any atom is -0.486 e. The van der Waals surface area contributed by atoms with Crippen LogP contribution in [0.4, 0.5) is 0 Å². The summed E-state index contributed by atoms with van der Waals surface area (Å²) >= 11 is 5.81. The molecule has 0 spiro atoms. The van der Waals surface area contributed by atoms with E-state index in [1.165, 1.54) is 24.3 Å². The monoisotopic (exact) mass is 438 g/mol. The smallest absolute Gasteiger partial charge is 0.241 e. The van der Waals surface area contributed by atoms with Gasteiger partial charge in [-0.3, -0.25) is 4.79 Å². The van der Waals surface area contributed by atoms with Crippen LogP contribution < -0.4 is 19.5 Å². The van der Waals surface area contributed by atoms with Gasteiger partial charge in [0.2, 0.25) is 15.9 Å². The predicted molar refractivity (Wildman–Crippen MR) is 110 cm³/mol. The Kier molecular flexibility index (Phi) is 6.66. The lowest BCUT2D eigenvalue weighted by Gasteiger charge is -2.28. The Bertz CT molecular complexity index is 963. The van der Waals surface area contributed by atoms with Gasteiger partial charge >= 0.3 is 0 Å². The highest BCUT2D eigenvalue weighted by atomic mass is 35.5. The van der Waals surface area contributed by atoms with Crippen LogP contribution in [0.3, 0.4) is 0 Å². The first-order valence-electron chi connectivity index (χ1n) is 9.20. The topological polar surface area (TPSA) is 93.7 Å². The molecular formula is C20H23ClN2O5S. The molecule has 29 heavy (non-hydrogen) atoms. The van der Waals surface area contributed by atoms with Crippen molar-refractivity contribution in [1.29, 1.82) is 0 Å². The first-order chi connectivity index (χ1) is 13.8. The highest BCUT2D eigenvalue weighted by Crippen LogP contribution is 2.30. The van der Waals surface area contributed by atoms with E-state index in [-0.39, 0.29) is 23.5 Å². The van der Waals surface area contributed by atoms with Crippen molar-refractivity contribution in [3.8, 4) is 11.5 Å². The highest BCUT2D eigenvalue weighted by Gasteiger charge is 2.29. The minimum atomic E-state index is -3.87. The van der Waals surface area contributed by atoms with Crippen LogP contribution in [-0.2, 0) is 14.8 Å². The van der Waals surface area contributed by atoms with Gasteiger partial charge in [0.15, 0.2) is 11.5 Å². The van der Waals surface area contributed by atoms with Crippen molar-refractivity contribution < 1.29 is 22.7 Å². The summed E-state index contributed by atoms with van der Waals surface area (Å²) in [5.74, 6) is 0.578. The molecule has 0 fully saturated rings. The maximum absolute atomic E-state index is 12.7. The van der Waals surface area contributed by atoms with Gasteiger partial charge in [0.1, 0.15) is 18.8 Å². The molecule has 9 heteroatoms. The Hall–Kier alpha value is -2.29. The summed E-state index contributed by atoms with van der Waals surface area (Å²) in [7, 11) is -3.87. The lowest BCUT2D eigenvalue weighted by atomic mass is 10.1. The van der Waals surface area contributed by atoms with Gasteiger partial charge in [-0.25, -0.2) is 8.42 Å². The average molecular weight is 439 g/mol. The van der Waals surface area contributed by atoms with Crippen molar-refractivity contribution in [2.45, 2.75) is 30.9 Å². The molecule has 0 aromatic heterocycles. The Morgan fingerprint density at radius 2 is 1.79 bits per heavy atom. The number of fused-ring (bicyclic) bond motifs is 1. The van der Waals surface area contributed by atoms with Crippen molar-refractivity contribution in [3.63, 3.8) is 0 Å². The molecule has 3 rings (SSSR count). The van der Waals surface area contributed by atoms with Crippen LogP contribution in [0.2, 0.25) is 5.02 Å². The average Bonchev–Trinajstić information content (AvgIpc) is 2.70. The maximum atomic E-state index is 12.7. The van der Waals surface area contributed by atoms with E-state index in [9.17, 15) is 13.2 Å². The van der Waals surface area contributed by atoms with Gasteiger partial charge in [-0.2, -0.15) is 4.72 Å². The quantitative estimate of drug-likeness (QED) is 0.693. The Morgan fingerprint density at radius 1 is 1.14 bits per heavy atom. The number of ether oxygens (including phenoxy) is 2. The van der Waals surface area contributed by atoms with E-state index in [0.29, 0.717) is 23.1 Å². The number of sulfonamides is 1. The number of carbonyl (C=O) groups excluding carboxylic acids is 1. The summed E-state index contributed by atoms with van der Waals surface area (Å²) in [6.45, 7) is 4.02. The molecule has 0 saturated carbocycles. The molecular weight excluding hydrogens is 416 g/mol. The zero-order valence-corrected chi connectivity index (χ0v) is 17.7. The molecule has 2 aromatic carbocycles. The van der Waals surface area contributed by atoms with Crippen molar-refractivity contribution in [1.82, 2.24) is 10.0 Å². The fraction of sp³-hybridized carbons (Fsp3) is 0.350. The maximum Gasteiger partial charge on any atom is 0.241 e. The third-order valence-corrected chi connectivity index (χ3v) is 6.14. The second-order valence-corrected chi connectivity index (χ2v) is 9.19. The molecule has 1 heterocycles. The summed E-state index contributed by atoms with van der Waals surface area (Å²) in [6.07, 6.45) is -0.366. The van der Waals surface area contributed by atoms with E-state index in [1.54, 1.807) is 19.9 Å². The molecule has 0 unspecified atom stereocenters. The van der Waals surface area contributed by atoms with Crippen LogP contribution in [-0.4, -0.2) is 39.6 Å². The normalized spacial score (nSPS) is 17.0. The third-order valence-electron chi connectivity index (χ3n) is 4.43. The molecule has 2 aromatic rings. The van der Waals surface area contributed by atoms with Crippen LogP contribution in [0.25, 0.3) is 0 Å². The zero-order valence-electron chi connectivity index (χ0n) is 16.1. The number of rotatable bonds is 7. The molecule has 0 saturated heterocycles. The molecule has 0 bridgehead atoms. The second kappa shape index (κ2) is 9.02. The second-order valence-electron chi connectivity index (χ2n) is 7.04. The summed E-state index contributed by atoms with van der Waals surface area (Å²) in [5, 5.41) is 3.18. The van der Waals surface area contributed by atoms with Gasteiger partial charge in [-0.05, 0) is 42.3 Å². The number of carbonyl (C=O) groups is 1. The van der Waals surface area contributed by atoms with Crippen LogP contribution >= 0.6 is 11.6 Å². The summed E-state index contributed by atoms with van der Waals surface area (Å²) in [4.78, 5) is 12.7. The molecule has 7 nitrogen and oxygen atoms in total. The minimum absolute atomic E-state index is 0.0426. The van der Waals surface area contributed by atoms with Crippen LogP contribution in [0.5, 0.6) is 11.5 Å². The number of para-hydroxylation sites is 2. The predicted octanol–water partition coefficient (Wildman–Crippen LogP) is 2.60. The first-order valence-corrected chi connectivity index (χ1v) is 11.1. The Balaban J connectivity index is 1.62. The van der Waals surface area contributed by atoms with E-state index >= 15 is 0 Å². The Labute approximate surface area is 175 Å². The van der Waals surface area contributed by atoms with Crippen molar-refractivity contribution in [3.05, 3.63) is 53.6 Å². The number of hydrogen-bond acceptors (Lipinski definition) is 5. The zero-order chi connectivity index (χ0) is 21.0. The van der Waals surface area contributed by atoms with Crippen LogP contribution in [0, 0.1) is 5.92 Å². The summed E-state index contributed by atoms with van der Waals surface area (Å²) < 4.78 is 39.2. The standard InChI is InChI=1S/C20H23ClN2O5S/c1-13(2)19(23-29(25,26)16-9-7-14(21)8-10-16)20(24)22-11-15-12-27-17-5-3-4-6-18(17)28-15/h3-10,13,15,19,23H,11-12H2,1-2H3,(H,22,24)/t15-,19+/m1/s1. The number of hydrogen-bond donors (Lipinski definition) is 2. The van der Waals surface area contributed by atoms with Crippen LogP contribution in [0.15, 0.2) is 53.4 Å². The van der Waals surface area contributed by atoms with Crippen LogP contribution in [0.1, 0.15) is 13.8 Å². The SMILES string of the molecule is CC(C)[C@H](NS(=O)(=O)c1ccc(Cl)cc1)C(=O)NC[C@@H]1COc2ccccc2O1. The van der Waals surface area contributed by atoms with Gasteiger partial charge < -0.3 is 14.8 Å². The molecule has 0 radical (unpaired) electrons. The van der Waals surface area contributed by atoms with Gasteiger partial charge in [0, 0.05) is 5.02 Å². The van der Waals surface area contributed by atoms with Crippen molar-refractivity contribution in [2.24, 2.45) is 5.92 Å². The molecule has 2 N–H and O–H groups in total. The number of halogens is 1. The fourth-order valence-corrected chi connectivity index (χ4v) is 4.30. The fourth-order valence-electron chi connectivity index (χ4n) is 2.83. The van der Waals surface area contributed by atoms with E-state index in [1.807, 2.05) is 18.2 Å². The van der Waals surface area contributed by atoms with Crippen molar-refractivity contribution >= 4 is 27.5 Å². The lowest BCUT2D eigenvalue weighted by molar-refractivity contribution is -0.124. The van der Waals surface area contributed by atoms with E-state index in [2.05, 4.69) is 10.0 Å². The molecule has 1 aliphatic heterocycles. The van der Waals surface area contributed by atoms with E-state index in [0.717, 1.165) is 0 Å². The number of benzene rings is 2. The largest absolute Gasteiger partial charge is 0.486 e. The van der Waals surface area contributed by atoms with Gasteiger partial charge in [0.25, 0.3) is 0 Å². The molecule has 0 aliphatic carbocycles. The first kappa shape index (κ1) is 21.4. The number of amides is 1. The molecule has 1 aliphatic rings. The van der Waals surface area contributed by atoms with Gasteiger partial charge in [-0.1, -0.05) is 37.6 Å². The molecule has 2 atom stereocenters. The molecule has 156 valence electrons. The molecule has 1 amide bonds. The summed E-state index contributed by atoms with van der Waals surface area (Å²) in [5.41, 5.74) is 0. The number of nitrogens with one attached hydrogen (secondary N) is 2. The lowest BCUT2D eigenvalue weighted by Crippen LogP contribution is -2.52. The van der Waals surface area contributed by atoms with E-state index in [4.69, 9.17) is 21.1 Å².